The van der Waals surface area contributed by atoms with E-state index in [0.717, 1.165) is 17.3 Å². The van der Waals surface area contributed by atoms with Crippen molar-refractivity contribution in [3.63, 3.8) is 0 Å². The zero-order valence-corrected chi connectivity index (χ0v) is 11.9. The zero-order chi connectivity index (χ0) is 14.7. The molecule has 1 aliphatic rings. The maximum atomic E-state index is 11.5. The summed E-state index contributed by atoms with van der Waals surface area (Å²) in [7, 11) is 1.50. The van der Waals surface area contributed by atoms with E-state index < -0.39 is 5.25 Å². The van der Waals surface area contributed by atoms with Gasteiger partial charge in [-0.25, -0.2) is 0 Å². The van der Waals surface area contributed by atoms with Gasteiger partial charge in [-0.2, -0.15) is 0 Å². The number of methoxy groups -OCH3 is 1. The summed E-state index contributed by atoms with van der Waals surface area (Å²) < 4.78 is 5.21. The minimum atomic E-state index is -0.418. The third kappa shape index (κ3) is 3.30. The molecular formula is C13H14N2O4S. The van der Waals surface area contributed by atoms with Crippen LogP contribution in [-0.2, 0) is 16.0 Å². The van der Waals surface area contributed by atoms with Crippen molar-refractivity contribution in [3.05, 3.63) is 23.8 Å². The Balaban J connectivity index is 2.15. The molecule has 1 aromatic carbocycles. The number of nitrogens with one attached hydrogen (secondary N) is 2. The quantitative estimate of drug-likeness (QED) is 0.880. The molecule has 2 rings (SSSR count). The third-order valence-electron chi connectivity index (χ3n) is 2.76. The van der Waals surface area contributed by atoms with Gasteiger partial charge in [0.15, 0.2) is 0 Å². The summed E-state index contributed by atoms with van der Waals surface area (Å²) in [5, 5.41) is 4.17. The smallest absolute Gasteiger partial charge is 0.286 e. The van der Waals surface area contributed by atoms with Crippen LogP contribution >= 0.6 is 11.8 Å². The molecule has 1 heterocycles. The second-order valence-corrected chi connectivity index (χ2v) is 5.48. The fraction of sp³-hybridized carbons (Fsp3) is 0.308. The van der Waals surface area contributed by atoms with Gasteiger partial charge in [-0.05, 0) is 24.1 Å². The molecule has 3 amide bonds. The van der Waals surface area contributed by atoms with E-state index in [0.29, 0.717) is 17.9 Å². The number of hydrogen-bond donors (Lipinski definition) is 2. The summed E-state index contributed by atoms with van der Waals surface area (Å²) in [6.45, 7) is 1.42. The third-order valence-corrected chi connectivity index (χ3v) is 3.75. The van der Waals surface area contributed by atoms with Gasteiger partial charge in [-0.15, -0.1) is 0 Å². The molecule has 0 spiro atoms. The van der Waals surface area contributed by atoms with Crippen LogP contribution < -0.4 is 15.4 Å². The zero-order valence-electron chi connectivity index (χ0n) is 11.1. The first-order chi connectivity index (χ1) is 9.49. The molecule has 0 radical (unpaired) electrons. The second-order valence-electron chi connectivity index (χ2n) is 4.30. The van der Waals surface area contributed by atoms with E-state index in [9.17, 15) is 14.4 Å². The number of amides is 3. The molecule has 7 heteroatoms. The van der Waals surface area contributed by atoms with E-state index >= 15 is 0 Å². The molecule has 0 aliphatic carbocycles. The van der Waals surface area contributed by atoms with Gasteiger partial charge in [0.25, 0.3) is 5.24 Å². The van der Waals surface area contributed by atoms with Gasteiger partial charge in [0.1, 0.15) is 5.75 Å². The fourth-order valence-electron chi connectivity index (χ4n) is 1.90. The van der Waals surface area contributed by atoms with Gasteiger partial charge in [0, 0.05) is 6.92 Å². The lowest BCUT2D eigenvalue weighted by molar-refractivity contribution is -0.119. The molecule has 2 N–H and O–H groups in total. The van der Waals surface area contributed by atoms with Crippen LogP contribution in [0.1, 0.15) is 12.5 Å². The Kier molecular flexibility index (Phi) is 4.29. The predicted octanol–water partition coefficient (Wildman–Crippen LogP) is 1.55. The Hall–Kier alpha value is -2.02. The second kappa shape index (κ2) is 5.96. The number of imide groups is 1. The lowest BCUT2D eigenvalue weighted by Gasteiger charge is -2.12. The molecule has 1 atom stereocenters. The number of ether oxygens (including phenoxy) is 1. The van der Waals surface area contributed by atoms with Crippen molar-refractivity contribution >= 4 is 34.5 Å². The van der Waals surface area contributed by atoms with Crippen LogP contribution in [-0.4, -0.2) is 29.4 Å². The standard InChI is InChI=1S/C13H14N2O4S/c1-7(16)14-9-4-3-8(5-10(9)19-2)6-11-12(17)15-13(18)20-11/h3-5,11H,6H2,1-2H3,(H,14,16)(H,15,17,18). The monoisotopic (exact) mass is 294 g/mol. The first-order valence-corrected chi connectivity index (χ1v) is 6.83. The van der Waals surface area contributed by atoms with Crippen LogP contribution in [0.4, 0.5) is 10.5 Å². The van der Waals surface area contributed by atoms with Crippen LogP contribution in [0.25, 0.3) is 0 Å². The average Bonchev–Trinajstić information content (AvgIpc) is 2.69. The summed E-state index contributed by atoms with van der Waals surface area (Å²) in [6.07, 6.45) is 0.430. The molecule has 1 aromatic rings. The summed E-state index contributed by atoms with van der Waals surface area (Å²) in [6, 6.07) is 5.27. The fourth-order valence-corrected chi connectivity index (χ4v) is 2.76. The van der Waals surface area contributed by atoms with Crippen LogP contribution in [0.15, 0.2) is 18.2 Å². The molecule has 1 aliphatic heterocycles. The highest BCUT2D eigenvalue weighted by Gasteiger charge is 2.31. The van der Waals surface area contributed by atoms with Crippen molar-refractivity contribution in [3.8, 4) is 5.75 Å². The maximum Gasteiger partial charge on any atom is 0.286 e. The molecule has 0 bridgehead atoms. The molecule has 1 unspecified atom stereocenters. The largest absolute Gasteiger partial charge is 0.495 e. The average molecular weight is 294 g/mol. The van der Waals surface area contributed by atoms with Crippen LogP contribution in [0, 0.1) is 0 Å². The molecule has 0 aromatic heterocycles. The minimum Gasteiger partial charge on any atom is -0.495 e. The summed E-state index contributed by atoms with van der Waals surface area (Å²) in [5.74, 6) is 0.0599. The number of carbonyl (C=O) groups is 3. The number of hydrogen-bond acceptors (Lipinski definition) is 5. The van der Waals surface area contributed by atoms with E-state index in [1.165, 1.54) is 14.0 Å². The van der Waals surface area contributed by atoms with Crippen molar-refractivity contribution in [1.82, 2.24) is 5.32 Å². The molecule has 0 saturated carbocycles. The van der Waals surface area contributed by atoms with Gasteiger partial charge in [-0.1, -0.05) is 17.8 Å². The first kappa shape index (κ1) is 14.4. The van der Waals surface area contributed by atoms with Crippen molar-refractivity contribution < 1.29 is 19.1 Å². The lowest BCUT2D eigenvalue weighted by atomic mass is 10.1. The molecule has 106 valence electrons. The highest BCUT2D eigenvalue weighted by molar-refractivity contribution is 8.15. The number of thioether (sulfide) groups is 1. The SMILES string of the molecule is COc1cc(CC2SC(=O)NC2=O)ccc1NC(C)=O. The van der Waals surface area contributed by atoms with E-state index in [1.807, 2.05) is 0 Å². The van der Waals surface area contributed by atoms with Crippen molar-refractivity contribution in [2.75, 3.05) is 12.4 Å². The number of carbonyl (C=O) groups excluding carboxylic acids is 3. The van der Waals surface area contributed by atoms with Crippen molar-refractivity contribution in [2.24, 2.45) is 0 Å². The Bertz CT molecular complexity index is 573. The number of rotatable bonds is 4. The first-order valence-electron chi connectivity index (χ1n) is 5.95. The topological polar surface area (TPSA) is 84.5 Å². The molecular weight excluding hydrogens is 280 g/mol. The Morgan fingerprint density at radius 3 is 2.75 bits per heavy atom. The van der Waals surface area contributed by atoms with Gasteiger partial charge < -0.3 is 10.1 Å². The van der Waals surface area contributed by atoms with E-state index in [-0.39, 0.29) is 17.1 Å². The van der Waals surface area contributed by atoms with Crippen LogP contribution in [0.3, 0.4) is 0 Å². The van der Waals surface area contributed by atoms with Crippen molar-refractivity contribution in [2.45, 2.75) is 18.6 Å². The highest BCUT2D eigenvalue weighted by atomic mass is 32.2. The molecule has 20 heavy (non-hydrogen) atoms. The maximum absolute atomic E-state index is 11.5. The van der Waals surface area contributed by atoms with Crippen molar-refractivity contribution in [1.29, 1.82) is 0 Å². The van der Waals surface area contributed by atoms with Crippen LogP contribution in [0.5, 0.6) is 5.75 Å². The molecule has 1 saturated heterocycles. The molecule has 6 nitrogen and oxygen atoms in total. The summed E-state index contributed by atoms with van der Waals surface area (Å²) in [5.41, 5.74) is 1.43. The summed E-state index contributed by atoms with van der Waals surface area (Å²) in [4.78, 5) is 33.7. The van der Waals surface area contributed by atoms with Gasteiger partial charge in [0.2, 0.25) is 11.8 Å². The van der Waals surface area contributed by atoms with E-state index in [2.05, 4.69) is 10.6 Å². The Labute approximate surface area is 120 Å². The van der Waals surface area contributed by atoms with Crippen LogP contribution in [0.2, 0.25) is 0 Å². The summed E-state index contributed by atoms with van der Waals surface area (Å²) >= 11 is 0.987. The van der Waals surface area contributed by atoms with Gasteiger partial charge >= 0.3 is 0 Å². The van der Waals surface area contributed by atoms with E-state index in [4.69, 9.17) is 4.74 Å². The van der Waals surface area contributed by atoms with Gasteiger partial charge in [-0.3, -0.25) is 19.7 Å². The number of benzene rings is 1. The Morgan fingerprint density at radius 1 is 1.45 bits per heavy atom. The molecule has 1 fully saturated rings. The normalized spacial score (nSPS) is 17.8. The minimum absolute atomic E-state index is 0.188. The highest BCUT2D eigenvalue weighted by Crippen LogP contribution is 2.29. The lowest BCUT2D eigenvalue weighted by Crippen LogP contribution is -2.25. The predicted molar refractivity (Wildman–Crippen MR) is 75.9 cm³/mol. The van der Waals surface area contributed by atoms with Gasteiger partial charge in [0.05, 0.1) is 18.0 Å². The number of anilines is 1. The van der Waals surface area contributed by atoms with E-state index in [1.54, 1.807) is 18.2 Å². The Morgan fingerprint density at radius 2 is 2.20 bits per heavy atom.